The zero-order valence-corrected chi connectivity index (χ0v) is 19.3. The van der Waals surface area contributed by atoms with Crippen LogP contribution in [0.3, 0.4) is 0 Å². The highest BCUT2D eigenvalue weighted by Gasteiger charge is 2.46. The predicted octanol–water partition coefficient (Wildman–Crippen LogP) is 2.57. The molecule has 0 radical (unpaired) electrons. The SMILES string of the molecule is Cn1ccnc1C(=O)N[C@]1(c2ccccc2)CCN(c2nccc3ccccc23)C[C@H]1O.O=CO. The summed E-state index contributed by atoms with van der Waals surface area (Å²) < 4.78 is 1.68. The number of fused-ring (bicyclic) bond motifs is 1. The maximum Gasteiger partial charge on any atom is 0.290 e. The number of β-amino-alcohol motifs (C(OH)–C–C–N with tert-alkyl or cyclic N) is 1. The van der Waals surface area contributed by atoms with E-state index in [1.54, 1.807) is 30.2 Å². The van der Waals surface area contributed by atoms with E-state index in [9.17, 15) is 9.90 Å². The van der Waals surface area contributed by atoms with E-state index >= 15 is 0 Å². The maximum atomic E-state index is 13.1. The molecule has 4 aromatic rings. The number of nitrogens with zero attached hydrogens (tertiary/aromatic N) is 4. The lowest BCUT2D eigenvalue weighted by Crippen LogP contribution is -2.62. The van der Waals surface area contributed by atoms with Crippen molar-refractivity contribution in [3.63, 3.8) is 0 Å². The lowest BCUT2D eigenvalue weighted by atomic mass is 9.78. The molecule has 0 aliphatic carbocycles. The Morgan fingerprint density at radius 3 is 2.49 bits per heavy atom. The van der Waals surface area contributed by atoms with E-state index in [1.807, 2.05) is 54.6 Å². The fourth-order valence-electron chi connectivity index (χ4n) is 4.62. The van der Waals surface area contributed by atoms with Crippen LogP contribution >= 0.6 is 0 Å². The molecular formula is C26H27N5O4. The normalized spacial score (nSPS) is 19.5. The molecule has 35 heavy (non-hydrogen) atoms. The third kappa shape index (κ3) is 4.71. The Labute approximate surface area is 202 Å². The van der Waals surface area contributed by atoms with Gasteiger partial charge in [0.25, 0.3) is 12.4 Å². The van der Waals surface area contributed by atoms with Crippen molar-refractivity contribution in [1.82, 2.24) is 19.9 Å². The number of anilines is 1. The van der Waals surface area contributed by atoms with Crippen molar-refractivity contribution < 1.29 is 19.8 Å². The molecule has 0 bridgehead atoms. The lowest BCUT2D eigenvalue weighted by Gasteiger charge is -2.46. The standard InChI is InChI=1S/C25H25N5O2.CH2O2/c1-29-16-14-27-23(29)24(32)28-25(19-8-3-2-4-9-19)12-15-30(17-21(25)31)22-20-10-6-5-7-18(20)11-13-26-22;2-1-3/h2-11,13-14,16,21,31H,12,15,17H2,1H3,(H,28,32);1H,(H,2,3)/t21-,25+;/m1./s1. The third-order valence-corrected chi connectivity index (χ3v) is 6.34. The average Bonchev–Trinajstić information content (AvgIpc) is 3.32. The zero-order chi connectivity index (χ0) is 24.8. The minimum absolute atomic E-state index is 0.250. The Balaban J connectivity index is 0.000000917. The second kappa shape index (κ2) is 10.4. The molecule has 9 nitrogen and oxygen atoms in total. The van der Waals surface area contributed by atoms with Crippen LogP contribution in [0.15, 0.2) is 79.3 Å². The number of benzene rings is 2. The topological polar surface area (TPSA) is 121 Å². The first-order valence-electron chi connectivity index (χ1n) is 11.2. The third-order valence-electron chi connectivity index (χ3n) is 6.34. The van der Waals surface area contributed by atoms with Crippen molar-refractivity contribution in [3.05, 3.63) is 90.6 Å². The van der Waals surface area contributed by atoms with Crippen LogP contribution in [0.5, 0.6) is 0 Å². The van der Waals surface area contributed by atoms with Crippen molar-refractivity contribution in [2.24, 2.45) is 7.05 Å². The number of carbonyl (C=O) groups excluding carboxylic acids is 1. The van der Waals surface area contributed by atoms with Gasteiger partial charge in [-0.1, -0.05) is 54.6 Å². The van der Waals surface area contributed by atoms with E-state index < -0.39 is 11.6 Å². The van der Waals surface area contributed by atoms with Crippen molar-refractivity contribution in [3.8, 4) is 0 Å². The number of aryl methyl sites for hydroxylation is 1. The summed E-state index contributed by atoms with van der Waals surface area (Å²) in [6.45, 7) is 0.727. The molecule has 0 spiro atoms. The van der Waals surface area contributed by atoms with Crippen LogP contribution < -0.4 is 10.2 Å². The number of carboxylic acid groups (broad SMARTS) is 1. The fraction of sp³-hybridized carbons (Fsp3) is 0.231. The summed E-state index contributed by atoms with van der Waals surface area (Å²) in [7, 11) is 1.78. The number of carbonyl (C=O) groups is 2. The number of aliphatic hydroxyl groups excluding tert-OH is 1. The Hall–Kier alpha value is -4.24. The first kappa shape index (κ1) is 23.9. The number of imidazole rings is 1. The minimum atomic E-state index is -0.925. The lowest BCUT2D eigenvalue weighted by molar-refractivity contribution is -0.122. The molecule has 1 amide bonds. The van der Waals surface area contributed by atoms with Crippen LogP contribution in [0, 0.1) is 0 Å². The number of hydrogen-bond donors (Lipinski definition) is 3. The van der Waals surface area contributed by atoms with Crippen molar-refractivity contribution >= 4 is 29.0 Å². The number of aliphatic hydroxyl groups is 1. The molecule has 2 atom stereocenters. The predicted molar refractivity (Wildman–Crippen MR) is 132 cm³/mol. The molecule has 2 aromatic heterocycles. The minimum Gasteiger partial charge on any atom is -0.483 e. The summed E-state index contributed by atoms with van der Waals surface area (Å²) in [4.78, 5) is 32.4. The maximum absolute atomic E-state index is 13.1. The summed E-state index contributed by atoms with van der Waals surface area (Å²) in [6, 6.07) is 19.8. The van der Waals surface area contributed by atoms with Gasteiger partial charge < -0.3 is 25.0 Å². The zero-order valence-electron chi connectivity index (χ0n) is 19.3. The van der Waals surface area contributed by atoms with Gasteiger partial charge in [0.2, 0.25) is 0 Å². The summed E-state index contributed by atoms with van der Waals surface area (Å²) >= 11 is 0. The number of amides is 1. The molecule has 180 valence electrons. The summed E-state index contributed by atoms with van der Waals surface area (Å²) in [6.07, 6.45) is 4.80. The molecule has 1 fully saturated rings. The number of hydrogen-bond acceptors (Lipinski definition) is 6. The molecule has 0 unspecified atom stereocenters. The van der Waals surface area contributed by atoms with Gasteiger partial charge >= 0.3 is 0 Å². The Morgan fingerprint density at radius 1 is 1.09 bits per heavy atom. The van der Waals surface area contributed by atoms with Gasteiger partial charge in [-0.15, -0.1) is 0 Å². The molecule has 1 aliphatic rings. The van der Waals surface area contributed by atoms with Crippen LogP contribution in [0.25, 0.3) is 10.8 Å². The number of aromatic nitrogens is 3. The van der Waals surface area contributed by atoms with Crippen LogP contribution in [-0.2, 0) is 17.4 Å². The van der Waals surface area contributed by atoms with Crippen molar-refractivity contribution in [2.75, 3.05) is 18.0 Å². The van der Waals surface area contributed by atoms with E-state index in [-0.39, 0.29) is 12.4 Å². The largest absolute Gasteiger partial charge is 0.483 e. The first-order valence-corrected chi connectivity index (χ1v) is 11.2. The molecular weight excluding hydrogens is 446 g/mol. The number of nitrogens with one attached hydrogen (secondary N) is 1. The molecule has 3 heterocycles. The van der Waals surface area contributed by atoms with Gasteiger partial charge in [0.1, 0.15) is 5.82 Å². The van der Waals surface area contributed by atoms with Gasteiger partial charge in [0.05, 0.1) is 11.6 Å². The number of piperidine rings is 1. The number of pyridine rings is 1. The smallest absolute Gasteiger partial charge is 0.290 e. The first-order chi connectivity index (χ1) is 17.0. The Morgan fingerprint density at radius 2 is 1.80 bits per heavy atom. The molecule has 3 N–H and O–H groups in total. The number of rotatable bonds is 4. The van der Waals surface area contributed by atoms with Gasteiger partial charge in [0, 0.05) is 44.1 Å². The molecule has 2 aromatic carbocycles. The van der Waals surface area contributed by atoms with E-state index in [0.29, 0.717) is 25.3 Å². The highest BCUT2D eigenvalue weighted by Crippen LogP contribution is 2.36. The van der Waals surface area contributed by atoms with Crippen LogP contribution in [0.2, 0.25) is 0 Å². The highest BCUT2D eigenvalue weighted by molar-refractivity contribution is 5.93. The van der Waals surface area contributed by atoms with E-state index in [4.69, 9.17) is 9.90 Å². The molecule has 1 aliphatic heterocycles. The molecule has 5 rings (SSSR count). The second-order valence-corrected chi connectivity index (χ2v) is 8.33. The Kier molecular flexibility index (Phi) is 7.07. The van der Waals surface area contributed by atoms with E-state index in [0.717, 1.165) is 22.2 Å². The molecule has 9 heteroatoms. The summed E-state index contributed by atoms with van der Waals surface area (Å²) in [5.41, 5.74) is -0.0497. The van der Waals surface area contributed by atoms with Gasteiger partial charge in [0.15, 0.2) is 5.82 Å². The van der Waals surface area contributed by atoms with Crippen LogP contribution in [-0.4, -0.2) is 56.3 Å². The highest BCUT2D eigenvalue weighted by atomic mass is 16.3. The average molecular weight is 474 g/mol. The quantitative estimate of drug-likeness (QED) is 0.390. The summed E-state index contributed by atoms with van der Waals surface area (Å²) in [5, 5.41) is 23.7. The molecule has 0 saturated carbocycles. The summed E-state index contributed by atoms with van der Waals surface area (Å²) in [5.74, 6) is 0.849. The van der Waals surface area contributed by atoms with Gasteiger partial charge in [-0.3, -0.25) is 9.59 Å². The van der Waals surface area contributed by atoms with Crippen molar-refractivity contribution in [1.29, 1.82) is 0 Å². The van der Waals surface area contributed by atoms with E-state index in [1.165, 1.54) is 0 Å². The Bertz CT molecular complexity index is 1300. The fourth-order valence-corrected chi connectivity index (χ4v) is 4.62. The molecule has 1 saturated heterocycles. The van der Waals surface area contributed by atoms with Gasteiger partial charge in [-0.05, 0) is 23.4 Å². The van der Waals surface area contributed by atoms with Gasteiger partial charge in [-0.2, -0.15) is 0 Å². The van der Waals surface area contributed by atoms with Gasteiger partial charge in [-0.25, -0.2) is 9.97 Å². The second-order valence-electron chi connectivity index (χ2n) is 8.33. The monoisotopic (exact) mass is 473 g/mol. The van der Waals surface area contributed by atoms with Crippen LogP contribution in [0.4, 0.5) is 5.82 Å². The van der Waals surface area contributed by atoms with E-state index in [2.05, 4.69) is 26.3 Å². The van der Waals surface area contributed by atoms with Crippen LogP contribution in [0.1, 0.15) is 22.6 Å². The van der Waals surface area contributed by atoms with Crippen molar-refractivity contribution in [2.45, 2.75) is 18.1 Å².